The van der Waals surface area contributed by atoms with Crippen molar-refractivity contribution in [3.8, 4) is 5.75 Å². The molecule has 1 aromatic carbocycles. The fraction of sp³-hybridized carbons (Fsp3) is 0.650. The average molecular weight is 332 g/mol. The highest BCUT2D eigenvalue weighted by atomic mass is 16.5. The van der Waals surface area contributed by atoms with Gasteiger partial charge in [-0.1, -0.05) is 38.8 Å². The Morgan fingerprint density at radius 3 is 2.50 bits per heavy atom. The van der Waals surface area contributed by atoms with E-state index < -0.39 is 5.41 Å². The third-order valence-electron chi connectivity index (χ3n) is 5.39. The van der Waals surface area contributed by atoms with Gasteiger partial charge in [0.1, 0.15) is 5.75 Å². The molecule has 0 heterocycles. The number of carbonyl (C=O) groups excluding carboxylic acids is 1. The lowest BCUT2D eigenvalue weighted by Gasteiger charge is -2.36. The summed E-state index contributed by atoms with van der Waals surface area (Å²) >= 11 is 0. The maximum Gasteiger partial charge on any atom is 0.232 e. The van der Waals surface area contributed by atoms with Crippen molar-refractivity contribution < 1.29 is 9.53 Å². The SMILES string of the molecule is COc1cc(C2(C(=O)N(C)CC(C)(C)CN)CCCC2)ccc1C. The largest absolute Gasteiger partial charge is 0.496 e. The normalized spacial score (nSPS) is 16.9. The summed E-state index contributed by atoms with van der Waals surface area (Å²) in [5.74, 6) is 1.07. The number of ether oxygens (including phenoxy) is 1. The van der Waals surface area contributed by atoms with Crippen molar-refractivity contribution in [3.63, 3.8) is 0 Å². The first-order valence-electron chi connectivity index (χ1n) is 8.86. The van der Waals surface area contributed by atoms with Crippen LogP contribution in [0, 0.1) is 12.3 Å². The molecule has 24 heavy (non-hydrogen) atoms. The first-order chi connectivity index (χ1) is 11.3. The molecule has 134 valence electrons. The van der Waals surface area contributed by atoms with Crippen molar-refractivity contribution in [2.45, 2.75) is 51.9 Å². The highest BCUT2D eigenvalue weighted by molar-refractivity contribution is 5.88. The molecular weight excluding hydrogens is 300 g/mol. The van der Waals surface area contributed by atoms with E-state index in [1.807, 2.05) is 18.9 Å². The molecule has 1 amide bonds. The lowest BCUT2D eigenvalue weighted by molar-refractivity contribution is -0.137. The number of hydrogen-bond acceptors (Lipinski definition) is 3. The van der Waals surface area contributed by atoms with E-state index in [-0.39, 0.29) is 11.3 Å². The van der Waals surface area contributed by atoms with Gasteiger partial charge in [0.15, 0.2) is 0 Å². The Kier molecular flexibility index (Phi) is 5.59. The zero-order chi connectivity index (χ0) is 18.0. The number of nitrogens with zero attached hydrogens (tertiary/aromatic N) is 1. The van der Waals surface area contributed by atoms with Crippen LogP contribution in [-0.4, -0.2) is 38.1 Å². The Morgan fingerprint density at radius 2 is 1.96 bits per heavy atom. The van der Waals surface area contributed by atoms with Gasteiger partial charge in [-0.15, -0.1) is 0 Å². The maximum atomic E-state index is 13.4. The van der Waals surface area contributed by atoms with Crippen molar-refractivity contribution >= 4 is 5.91 Å². The minimum Gasteiger partial charge on any atom is -0.496 e. The maximum absolute atomic E-state index is 13.4. The van der Waals surface area contributed by atoms with Gasteiger partial charge in [0, 0.05) is 13.6 Å². The van der Waals surface area contributed by atoms with E-state index in [0.717, 1.165) is 42.6 Å². The Balaban J connectivity index is 2.35. The summed E-state index contributed by atoms with van der Waals surface area (Å²) in [6.45, 7) is 7.48. The van der Waals surface area contributed by atoms with Crippen molar-refractivity contribution in [1.29, 1.82) is 0 Å². The number of nitrogens with two attached hydrogens (primary N) is 1. The molecule has 1 fully saturated rings. The fourth-order valence-electron chi connectivity index (χ4n) is 3.87. The van der Waals surface area contributed by atoms with E-state index in [0.29, 0.717) is 13.1 Å². The van der Waals surface area contributed by atoms with Crippen LogP contribution in [0.4, 0.5) is 0 Å². The van der Waals surface area contributed by atoms with Crippen LogP contribution in [-0.2, 0) is 10.2 Å². The second-order valence-corrected chi connectivity index (χ2v) is 8.00. The van der Waals surface area contributed by atoms with E-state index >= 15 is 0 Å². The minimum atomic E-state index is -0.416. The third-order valence-corrected chi connectivity index (χ3v) is 5.39. The molecule has 0 spiro atoms. The minimum absolute atomic E-state index is 0.0742. The molecule has 4 nitrogen and oxygen atoms in total. The zero-order valence-electron chi connectivity index (χ0n) is 15.8. The standard InChI is InChI=1S/C20H32N2O2/c1-15-8-9-16(12-17(15)24-5)20(10-6-7-11-20)18(23)22(4)14-19(2,3)13-21/h8-9,12H,6-7,10-11,13-14,21H2,1-5H3. The van der Waals surface area contributed by atoms with Crippen molar-refractivity contribution in [1.82, 2.24) is 4.90 Å². The van der Waals surface area contributed by atoms with Crippen LogP contribution in [0.25, 0.3) is 0 Å². The number of likely N-dealkylation sites (N-methyl/N-ethyl adjacent to an activating group) is 1. The van der Waals surface area contributed by atoms with E-state index in [9.17, 15) is 4.79 Å². The summed E-state index contributed by atoms with van der Waals surface area (Å²) in [4.78, 5) is 15.3. The second kappa shape index (κ2) is 7.14. The number of aryl methyl sites for hydroxylation is 1. The fourth-order valence-corrected chi connectivity index (χ4v) is 3.87. The highest BCUT2D eigenvalue weighted by Crippen LogP contribution is 2.44. The Morgan fingerprint density at radius 1 is 1.33 bits per heavy atom. The molecule has 2 N–H and O–H groups in total. The topological polar surface area (TPSA) is 55.6 Å². The first-order valence-corrected chi connectivity index (χ1v) is 8.86. The Hall–Kier alpha value is -1.55. The van der Waals surface area contributed by atoms with Crippen LogP contribution in [0.3, 0.4) is 0 Å². The van der Waals surface area contributed by atoms with Crippen LogP contribution in [0.5, 0.6) is 5.75 Å². The van der Waals surface area contributed by atoms with Crippen molar-refractivity contribution in [2.24, 2.45) is 11.1 Å². The van der Waals surface area contributed by atoms with Gasteiger partial charge in [0.05, 0.1) is 12.5 Å². The summed E-state index contributed by atoms with van der Waals surface area (Å²) < 4.78 is 5.49. The molecule has 2 rings (SSSR count). The molecule has 1 saturated carbocycles. The molecule has 0 aromatic heterocycles. The Bertz CT molecular complexity index is 589. The molecule has 1 aromatic rings. The van der Waals surface area contributed by atoms with Gasteiger partial charge in [-0.05, 0) is 48.9 Å². The monoisotopic (exact) mass is 332 g/mol. The van der Waals surface area contributed by atoms with E-state index in [2.05, 4.69) is 32.0 Å². The van der Waals surface area contributed by atoms with Gasteiger partial charge >= 0.3 is 0 Å². The Labute approximate surface area is 146 Å². The number of hydrogen-bond donors (Lipinski definition) is 1. The summed E-state index contributed by atoms with van der Waals surface area (Å²) in [6.07, 6.45) is 4.00. The molecular formula is C20H32N2O2. The van der Waals surface area contributed by atoms with Crippen LogP contribution in [0.15, 0.2) is 18.2 Å². The highest BCUT2D eigenvalue weighted by Gasteiger charge is 2.45. The molecule has 0 unspecified atom stereocenters. The van der Waals surface area contributed by atoms with Crippen molar-refractivity contribution in [3.05, 3.63) is 29.3 Å². The molecule has 0 atom stereocenters. The van der Waals surface area contributed by atoms with E-state index in [1.54, 1.807) is 7.11 Å². The average Bonchev–Trinajstić information content (AvgIpc) is 3.05. The quantitative estimate of drug-likeness (QED) is 0.870. The van der Waals surface area contributed by atoms with Crippen LogP contribution in [0.2, 0.25) is 0 Å². The van der Waals surface area contributed by atoms with E-state index in [1.165, 1.54) is 0 Å². The predicted octanol–water partition coefficient (Wildman–Crippen LogP) is 3.26. The molecule has 0 bridgehead atoms. The van der Waals surface area contributed by atoms with Crippen LogP contribution in [0.1, 0.15) is 50.7 Å². The molecule has 0 radical (unpaired) electrons. The number of rotatable bonds is 6. The summed E-state index contributed by atoms with van der Waals surface area (Å²) in [5.41, 5.74) is 7.55. The van der Waals surface area contributed by atoms with Gasteiger partial charge in [0.2, 0.25) is 5.91 Å². The number of methoxy groups -OCH3 is 1. The number of amides is 1. The smallest absolute Gasteiger partial charge is 0.232 e. The molecule has 1 aliphatic rings. The molecule has 1 aliphatic carbocycles. The van der Waals surface area contributed by atoms with Crippen molar-refractivity contribution in [2.75, 3.05) is 27.2 Å². The van der Waals surface area contributed by atoms with Gasteiger partial charge in [-0.2, -0.15) is 0 Å². The van der Waals surface area contributed by atoms with Crippen LogP contribution < -0.4 is 10.5 Å². The summed E-state index contributed by atoms with van der Waals surface area (Å²) in [5, 5.41) is 0. The first kappa shape index (κ1) is 18.8. The predicted molar refractivity (Wildman–Crippen MR) is 98.3 cm³/mol. The van der Waals surface area contributed by atoms with E-state index in [4.69, 9.17) is 10.5 Å². The summed E-state index contributed by atoms with van der Waals surface area (Å²) in [6, 6.07) is 6.22. The molecule has 4 heteroatoms. The molecule has 0 aliphatic heterocycles. The van der Waals surface area contributed by atoms with Crippen LogP contribution >= 0.6 is 0 Å². The van der Waals surface area contributed by atoms with Gasteiger partial charge in [-0.3, -0.25) is 4.79 Å². The number of benzene rings is 1. The lowest BCUT2D eigenvalue weighted by Crippen LogP contribution is -2.48. The molecule has 0 saturated heterocycles. The van der Waals surface area contributed by atoms with Gasteiger partial charge < -0.3 is 15.4 Å². The lowest BCUT2D eigenvalue weighted by atomic mass is 9.76. The third kappa shape index (κ3) is 3.59. The zero-order valence-corrected chi connectivity index (χ0v) is 15.8. The van der Waals surface area contributed by atoms with Gasteiger partial charge in [0.25, 0.3) is 0 Å². The second-order valence-electron chi connectivity index (χ2n) is 8.00. The van der Waals surface area contributed by atoms with Gasteiger partial charge in [-0.25, -0.2) is 0 Å². The number of carbonyl (C=O) groups is 1. The summed E-state index contributed by atoms with van der Waals surface area (Å²) in [7, 11) is 3.59.